The molecule has 9 nitrogen and oxygen atoms in total. The van der Waals surface area contributed by atoms with Crippen LogP contribution in [0.3, 0.4) is 0 Å². The minimum absolute atomic E-state index is 0.0830. The Morgan fingerprint density at radius 2 is 1.69 bits per heavy atom. The molecule has 0 amide bonds. The minimum Gasteiger partial charge on any atom is -0.478 e. The lowest BCUT2D eigenvalue weighted by molar-refractivity contribution is -0.122. The first-order valence-corrected chi connectivity index (χ1v) is 12.0. The molecule has 1 aliphatic rings. The Kier molecular flexibility index (Phi) is 7.53. The number of nitrogens with zero attached hydrogens (tertiary/aromatic N) is 4. The zero-order valence-corrected chi connectivity index (χ0v) is 20.8. The second-order valence-electron chi connectivity index (χ2n) is 9.14. The summed E-state index contributed by atoms with van der Waals surface area (Å²) in [4.78, 5) is 36.6. The molecule has 0 bridgehead atoms. The minimum atomic E-state index is -1.02. The first-order chi connectivity index (χ1) is 17.2. The van der Waals surface area contributed by atoms with Crippen LogP contribution in [0.2, 0.25) is 5.02 Å². The Bertz CT molecular complexity index is 1260. The summed E-state index contributed by atoms with van der Waals surface area (Å²) < 4.78 is 0. The van der Waals surface area contributed by atoms with E-state index in [2.05, 4.69) is 19.8 Å². The summed E-state index contributed by atoms with van der Waals surface area (Å²) in [5, 5.41) is 9.56. The molecule has 1 aliphatic heterocycles. The highest BCUT2D eigenvalue weighted by molar-refractivity contribution is 6.33. The molecule has 3 aromatic rings. The van der Waals surface area contributed by atoms with Gasteiger partial charge < -0.3 is 26.4 Å². The fourth-order valence-electron chi connectivity index (χ4n) is 4.29. The van der Waals surface area contributed by atoms with Crippen LogP contribution >= 0.6 is 11.6 Å². The van der Waals surface area contributed by atoms with Gasteiger partial charge in [0.05, 0.1) is 28.4 Å². The molecule has 2 aromatic carbocycles. The molecule has 1 aromatic heterocycles. The Balaban J connectivity index is 1.41. The van der Waals surface area contributed by atoms with Gasteiger partial charge in [0.25, 0.3) is 0 Å². The van der Waals surface area contributed by atoms with Crippen molar-refractivity contribution < 1.29 is 14.7 Å². The number of rotatable bonds is 8. The fraction of sp³-hybridized carbons (Fsp3) is 0.308. The smallest absolute Gasteiger partial charge is 0.335 e. The second kappa shape index (κ2) is 10.6. The fourth-order valence-corrected chi connectivity index (χ4v) is 4.59. The predicted molar refractivity (Wildman–Crippen MR) is 141 cm³/mol. The average molecular weight is 509 g/mol. The molecular weight excluding hydrogens is 480 g/mol. The van der Waals surface area contributed by atoms with Gasteiger partial charge in [-0.2, -0.15) is 0 Å². The molecule has 1 unspecified atom stereocenters. The zero-order valence-electron chi connectivity index (χ0n) is 20.0. The second-order valence-corrected chi connectivity index (χ2v) is 9.55. The molecule has 2 heterocycles. The molecule has 0 saturated carbocycles. The third-order valence-electron chi connectivity index (χ3n) is 6.39. The quantitative estimate of drug-likeness (QED) is 0.419. The van der Waals surface area contributed by atoms with Gasteiger partial charge in [0.2, 0.25) is 5.95 Å². The van der Waals surface area contributed by atoms with E-state index in [1.807, 2.05) is 24.3 Å². The summed E-state index contributed by atoms with van der Waals surface area (Å²) in [6.45, 7) is 4.44. The number of aromatic nitrogens is 2. The lowest BCUT2D eigenvalue weighted by Gasteiger charge is -2.36. The van der Waals surface area contributed by atoms with E-state index >= 15 is 0 Å². The summed E-state index contributed by atoms with van der Waals surface area (Å²) in [5.74, 6) is -0.537. The van der Waals surface area contributed by atoms with Crippen molar-refractivity contribution >= 4 is 35.0 Å². The zero-order chi connectivity index (χ0) is 25.9. The van der Waals surface area contributed by atoms with Crippen LogP contribution in [0.1, 0.15) is 22.8 Å². The third kappa shape index (κ3) is 5.64. The van der Waals surface area contributed by atoms with Gasteiger partial charge in [-0.1, -0.05) is 35.9 Å². The van der Waals surface area contributed by atoms with E-state index in [4.69, 9.17) is 28.2 Å². The molecule has 5 N–H and O–H groups in total. The van der Waals surface area contributed by atoms with E-state index in [0.29, 0.717) is 43.6 Å². The van der Waals surface area contributed by atoms with Gasteiger partial charge in [-0.05, 0) is 42.7 Å². The maximum atomic E-state index is 12.0. The van der Waals surface area contributed by atoms with E-state index in [0.717, 1.165) is 22.4 Å². The van der Waals surface area contributed by atoms with Gasteiger partial charge in [0, 0.05) is 44.1 Å². The van der Waals surface area contributed by atoms with Crippen molar-refractivity contribution in [3.63, 3.8) is 0 Å². The Morgan fingerprint density at radius 1 is 1.03 bits per heavy atom. The number of piperazine rings is 1. The summed E-state index contributed by atoms with van der Waals surface area (Å²) >= 11 is 6.33. The lowest BCUT2D eigenvalue weighted by Crippen LogP contribution is -2.49. The number of hydrogen-bond acceptors (Lipinski definition) is 8. The summed E-state index contributed by atoms with van der Waals surface area (Å²) in [5.41, 5.74) is 14.4. The van der Waals surface area contributed by atoms with Gasteiger partial charge >= 0.3 is 5.97 Å². The third-order valence-corrected chi connectivity index (χ3v) is 6.69. The molecular formula is C26H29ClN6O3. The van der Waals surface area contributed by atoms with Crippen molar-refractivity contribution in [3.05, 3.63) is 71.0 Å². The van der Waals surface area contributed by atoms with Crippen LogP contribution < -0.4 is 21.3 Å². The van der Waals surface area contributed by atoms with Crippen molar-refractivity contribution in [2.75, 3.05) is 42.5 Å². The lowest BCUT2D eigenvalue weighted by atomic mass is 9.88. The maximum Gasteiger partial charge on any atom is 0.335 e. The topological polar surface area (TPSA) is 139 Å². The standard InChI is InChI=1S/C26H29ClN6O3/c1-26(29,23(34)14-28)13-17-3-2-4-18(11-17)20-15-30-25(31-16-20)33-9-7-32(8-10-33)22-6-5-19(24(35)36)12-21(22)27/h2-6,11-12,15-16H,7-10,13-14,28-29H2,1H3,(H,35,36). The van der Waals surface area contributed by atoms with Gasteiger partial charge in [0.1, 0.15) is 0 Å². The number of carbonyl (C=O) groups is 2. The van der Waals surface area contributed by atoms with E-state index in [1.54, 1.807) is 31.5 Å². The van der Waals surface area contributed by atoms with Gasteiger partial charge in [-0.15, -0.1) is 0 Å². The molecule has 36 heavy (non-hydrogen) atoms. The average Bonchev–Trinajstić information content (AvgIpc) is 2.88. The first-order valence-electron chi connectivity index (χ1n) is 11.6. The van der Waals surface area contributed by atoms with Crippen molar-refractivity contribution in [3.8, 4) is 11.1 Å². The highest BCUT2D eigenvalue weighted by Crippen LogP contribution is 2.29. The Morgan fingerprint density at radius 3 is 2.31 bits per heavy atom. The van der Waals surface area contributed by atoms with E-state index in [1.165, 1.54) is 6.07 Å². The molecule has 0 radical (unpaired) electrons. The number of carbonyl (C=O) groups excluding carboxylic acids is 1. The predicted octanol–water partition coefficient (Wildman–Crippen LogP) is 2.61. The number of Topliss-reactive ketones (excluding diaryl/α,β-unsaturated/α-hetero) is 1. The molecule has 0 aliphatic carbocycles. The first kappa shape index (κ1) is 25.6. The number of carboxylic acids is 1. The van der Waals surface area contributed by atoms with Gasteiger partial charge in [0.15, 0.2) is 5.78 Å². The largest absolute Gasteiger partial charge is 0.478 e. The SMILES string of the molecule is CC(N)(Cc1cccc(-c2cnc(N3CCN(c4ccc(C(=O)O)cc4Cl)CC3)nc2)c1)C(=O)CN. The summed E-state index contributed by atoms with van der Waals surface area (Å²) in [6.07, 6.45) is 3.98. The highest BCUT2D eigenvalue weighted by atomic mass is 35.5. The van der Waals surface area contributed by atoms with Crippen molar-refractivity contribution in [1.29, 1.82) is 0 Å². The monoisotopic (exact) mass is 508 g/mol. The van der Waals surface area contributed by atoms with Crippen LogP contribution in [0, 0.1) is 0 Å². The van der Waals surface area contributed by atoms with Crippen molar-refractivity contribution in [2.24, 2.45) is 11.5 Å². The summed E-state index contributed by atoms with van der Waals surface area (Å²) in [6, 6.07) is 12.6. The Hall–Kier alpha value is -3.53. The van der Waals surface area contributed by atoms with Crippen LogP contribution in [0.25, 0.3) is 11.1 Å². The van der Waals surface area contributed by atoms with Crippen molar-refractivity contribution in [1.82, 2.24) is 9.97 Å². The highest BCUT2D eigenvalue weighted by Gasteiger charge is 2.27. The normalized spacial score (nSPS) is 15.4. The van der Waals surface area contributed by atoms with Crippen LogP contribution in [-0.2, 0) is 11.2 Å². The molecule has 188 valence electrons. The number of nitrogens with two attached hydrogens (primary N) is 2. The van der Waals surface area contributed by atoms with Crippen LogP contribution in [0.5, 0.6) is 0 Å². The molecule has 1 atom stereocenters. The number of hydrogen-bond donors (Lipinski definition) is 3. The molecule has 4 rings (SSSR count). The molecule has 0 spiro atoms. The van der Waals surface area contributed by atoms with Gasteiger partial charge in [-0.3, -0.25) is 4.79 Å². The summed E-state index contributed by atoms with van der Waals surface area (Å²) in [7, 11) is 0. The number of aromatic carboxylic acids is 1. The van der Waals surface area contributed by atoms with E-state index < -0.39 is 11.5 Å². The number of anilines is 2. The van der Waals surface area contributed by atoms with E-state index in [9.17, 15) is 9.59 Å². The number of ketones is 1. The van der Waals surface area contributed by atoms with Crippen LogP contribution in [0.4, 0.5) is 11.6 Å². The van der Waals surface area contributed by atoms with Gasteiger partial charge in [-0.25, -0.2) is 14.8 Å². The maximum absolute atomic E-state index is 12.0. The van der Waals surface area contributed by atoms with E-state index in [-0.39, 0.29) is 17.9 Å². The van der Waals surface area contributed by atoms with Crippen LogP contribution in [0.15, 0.2) is 54.9 Å². The number of carboxylic acid groups (broad SMARTS) is 1. The number of benzene rings is 2. The molecule has 1 saturated heterocycles. The molecule has 10 heteroatoms. The van der Waals surface area contributed by atoms with Crippen molar-refractivity contribution in [2.45, 2.75) is 18.9 Å². The van der Waals surface area contributed by atoms with Crippen LogP contribution in [-0.4, -0.2) is 65.1 Å². The molecule has 1 fully saturated rings. The number of halogens is 1. The Labute approximate surface area is 214 Å².